The third-order valence-corrected chi connectivity index (χ3v) is 6.82. The van der Waals surface area contributed by atoms with E-state index in [1.807, 2.05) is 0 Å². The molecule has 0 aromatic heterocycles. The van der Waals surface area contributed by atoms with E-state index < -0.39 is 0 Å². The second-order valence-corrected chi connectivity index (χ2v) is 11.7. The second-order valence-electron chi connectivity index (χ2n) is 11.7. The summed E-state index contributed by atoms with van der Waals surface area (Å²) in [6.45, 7) is 9.06. The number of benzene rings is 2. The summed E-state index contributed by atoms with van der Waals surface area (Å²) >= 11 is 0. The first-order chi connectivity index (χ1) is 17.5. The van der Waals surface area contributed by atoms with Crippen molar-refractivity contribution in [1.82, 2.24) is 0 Å². The van der Waals surface area contributed by atoms with Crippen LogP contribution in [0.4, 0.5) is 0 Å². The van der Waals surface area contributed by atoms with Crippen LogP contribution in [0.25, 0.3) is 0 Å². The Balaban J connectivity index is 1.37. The Morgan fingerprint density at radius 3 is 1.58 bits per heavy atom. The van der Waals surface area contributed by atoms with E-state index in [9.17, 15) is 0 Å². The molecule has 0 radical (unpaired) electrons. The predicted molar refractivity (Wildman–Crippen MR) is 155 cm³/mol. The number of aryl methyl sites for hydroxylation is 1. The van der Waals surface area contributed by atoms with E-state index in [4.69, 9.17) is 9.47 Å². The molecule has 0 aliphatic heterocycles. The smallest absolute Gasteiger partial charge is 0.0818 e. The third kappa shape index (κ3) is 16.9. The summed E-state index contributed by atoms with van der Waals surface area (Å²) in [6, 6.07) is 21.4. The first kappa shape index (κ1) is 30.6. The molecule has 0 aliphatic rings. The van der Waals surface area contributed by atoms with Crippen molar-refractivity contribution >= 4 is 0 Å². The molecule has 2 nitrogen and oxygen atoms in total. The highest BCUT2D eigenvalue weighted by Crippen LogP contribution is 2.23. The van der Waals surface area contributed by atoms with Gasteiger partial charge >= 0.3 is 0 Å². The molecule has 0 bridgehead atoms. The molecule has 0 saturated heterocycles. The highest BCUT2D eigenvalue weighted by atomic mass is 16.5. The van der Waals surface area contributed by atoms with Gasteiger partial charge in [0.2, 0.25) is 0 Å². The fourth-order valence-corrected chi connectivity index (χ4v) is 4.80. The van der Waals surface area contributed by atoms with Crippen molar-refractivity contribution in [3.05, 3.63) is 71.8 Å². The average Bonchev–Trinajstić information content (AvgIpc) is 2.87. The van der Waals surface area contributed by atoms with Crippen molar-refractivity contribution in [2.24, 2.45) is 5.41 Å². The Morgan fingerprint density at radius 1 is 0.583 bits per heavy atom. The minimum Gasteiger partial charge on any atom is -0.379 e. The van der Waals surface area contributed by atoms with Crippen LogP contribution >= 0.6 is 0 Å². The molecule has 36 heavy (non-hydrogen) atoms. The van der Waals surface area contributed by atoms with Crippen LogP contribution in [0.15, 0.2) is 60.7 Å². The van der Waals surface area contributed by atoms with Gasteiger partial charge in [0.1, 0.15) is 0 Å². The normalized spacial score (nSPS) is 12.6. The third-order valence-electron chi connectivity index (χ3n) is 6.82. The van der Waals surface area contributed by atoms with E-state index in [0.717, 1.165) is 13.0 Å². The lowest BCUT2D eigenvalue weighted by Crippen LogP contribution is -2.26. The standard InChI is InChI=1S/C34H54O2/c1-34(2,3)28-33(36-29-32-25-19-15-20-26-32)30-35-27-21-13-11-9-7-5-4-6-8-10-12-16-22-31-23-17-14-18-24-31/h14-15,17-20,23-26,33H,4-13,16,21-22,27-30H2,1-3H3. The van der Waals surface area contributed by atoms with Gasteiger partial charge in [-0.15, -0.1) is 0 Å². The van der Waals surface area contributed by atoms with Gasteiger partial charge < -0.3 is 9.47 Å². The van der Waals surface area contributed by atoms with Crippen LogP contribution < -0.4 is 0 Å². The summed E-state index contributed by atoms with van der Waals surface area (Å²) in [5.74, 6) is 0. The number of ether oxygens (including phenoxy) is 2. The van der Waals surface area contributed by atoms with Crippen LogP contribution in [0.3, 0.4) is 0 Å². The van der Waals surface area contributed by atoms with Crippen LogP contribution in [0, 0.1) is 5.41 Å². The molecule has 0 aliphatic carbocycles. The average molecular weight is 495 g/mol. The van der Waals surface area contributed by atoms with Gasteiger partial charge in [0.15, 0.2) is 0 Å². The maximum atomic E-state index is 6.22. The molecule has 0 fully saturated rings. The molecular formula is C34H54O2. The molecule has 2 aromatic rings. The van der Waals surface area contributed by atoms with Crippen LogP contribution in [-0.4, -0.2) is 19.3 Å². The molecule has 2 heteroatoms. The predicted octanol–water partition coefficient (Wildman–Crippen LogP) is 9.95. The monoisotopic (exact) mass is 494 g/mol. The number of rotatable bonds is 21. The van der Waals surface area contributed by atoms with Crippen molar-refractivity contribution in [1.29, 1.82) is 0 Å². The summed E-state index contributed by atoms with van der Waals surface area (Å²) in [5, 5.41) is 0. The summed E-state index contributed by atoms with van der Waals surface area (Å²) in [5.41, 5.74) is 2.96. The van der Waals surface area contributed by atoms with Gasteiger partial charge in [0, 0.05) is 6.61 Å². The lowest BCUT2D eigenvalue weighted by Gasteiger charge is -2.26. The van der Waals surface area contributed by atoms with Gasteiger partial charge in [-0.2, -0.15) is 0 Å². The molecule has 202 valence electrons. The first-order valence-corrected chi connectivity index (χ1v) is 14.8. The Kier molecular flexibility index (Phi) is 16.5. The molecule has 0 spiro atoms. The van der Waals surface area contributed by atoms with Gasteiger partial charge in [0.25, 0.3) is 0 Å². The summed E-state index contributed by atoms with van der Waals surface area (Å²) in [6.07, 6.45) is 18.8. The zero-order chi connectivity index (χ0) is 25.7. The molecule has 2 aromatic carbocycles. The summed E-state index contributed by atoms with van der Waals surface area (Å²) in [4.78, 5) is 0. The van der Waals surface area contributed by atoms with E-state index in [1.165, 1.54) is 94.6 Å². The Morgan fingerprint density at radius 2 is 1.06 bits per heavy atom. The Bertz CT molecular complexity index is 735. The van der Waals surface area contributed by atoms with Crippen molar-refractivity contribution in [2.45, 2.75) is 123 Å². The van der Waals surface area contributed by atoms with Crippen LogP contribution in [0.2, 0.25) is 0 Å². The minimum atomic E-state index is 0.161. The molecule has 0 heterocycles. The fraction of sp³-hybridized carbons (Fsp3) is 0.647. The maximum Gasteiger partial charge on any atom is 0.0818 e. The molecule has 1 atom stereocenters. The molecule has 1 unspecified atom stereocenters. The Hall–Kier alpha value is -1.64. The lowest BCUT2D eigenvalue weighted by molar-refractivity contribution is -0.0430. The number of hydrogen-bond donors (Lipinski definition) is 0. The summed E-state index contributed by atoms with van der Waals surface area (Å²) in [7, 11) is 0. The van der Waals surface area contributed by atoms with Crippen molar-refractivity contribution in [3.63, 3.8) is 0 Å². The number of hydrogen-bond acceptors (Lipinski definition) is 2. The maximum absolute atomic E-state index is 6.22. The molecule has 0 saturated carbocycles. The van der Waals surface area contributed by atoms with Gasteiger partial charge in [-0.05, 0) is 42.2 Å². The van der Waals surface area contributed by atoms with E-state index in [2.05, 4.69) is 81.4 Å². The van der Waals surface area contributed by atoms with Gasteiger partial charge in [-0.1, -0.05) is 146 Å². The fourth-order valence-electron chi connectivity index (χ4n) is 4.80. The SMILES string of the molecule is CC(C)(C)CC(COCCCCCCCCCCCCCCc1ccccc1)OCc1ccccc1. The molecule has 0 amide bonds. The van der Waals surface area contributed by atoms with Crippen molar-refractivity contribution in [3.8, 4) is 0 Å². The van der Waals surface area contributed by atoms with E-state index in [-0.39, 0.29) is 11.5 Å². The largest absolute Gasteiger partial charge is 0.379 e. The van der Waals surface area contributed by atoms with E-state index in [0.29, 0.717) is 13.2 Å². The molecular weight excluding hydrogens is 440 g/mol. The van der Waals surface area contributed by atoms with Crippen LogP contribution in [-0.2, 0) is 22.5 Å². The zero-order valence-corrected chi connectivity index (χ0v) is 23.7. The van der Waals surface area contributed by atoms with E-state index >= 15 is 0 Å². The quantitative estimate of drug-likeness (QED) is 0.161. The summed E-state index contributed by atoms with van der Waals surface area (Å²) < 4.78 is 12.2. The zero-order valence-electron chi connectivity index (χ0n) is 23.7. The Labute approximate surface area is 223 Å². The first-order valence-electron chi connectivity index (χ1n) is 14.8. The van der Waals surface area contributed by atoms with Gasteiger partial charge in [-0.3, -0.25) is 0 Å². The molecule has 0 N–H and O–H groups in total. The lowest BCUT2D eigenvalue weighted by atomic mass is 9.89. The minimum absolute atomic E-state index is 0.161. The molecule has 2 rings (SSSR count). The second kappa shape index (κ2) is 19.5. The highest BCUT2D eigenvalue weighted by molar-refractivity contribution is 5.14. The van der Waals surface area contributed by atoms with Crippen LogP contribution in [0.1, 0.15) is 115 Å². The van der Waals surface area contributed by atoms with E-state index in [1.54, 1.807) is 0 Å². The van der Waals surface area contributed by atoms with Crippen molar-refractivity contribution in [2.75, 3.05) is 13.2 Å². The van der Waals surface area contributed by atoms with Crippen molar-refractivity contribution < 1.29 is 9.47 Å². The highest BCUT2D eigenvalue weighted by Gasteiger charge is 2.19. The number of unbranched alkanes of at least 4 members (excludes halogenated alkanes) is 11. The van der Waals surface area contributed by atoms with Gasteiger partial charge in [0.05, 0.1) is 19.3 Å². The van der Waals surface area contributed by atoms with Gasteiger partial charge in [-0.25, -0.2) is 0 Å². The topological polar surface area (TPSA) is 18.5 Å². The van der Waals surface area contributed by atoms with Crippen LogP contribution in [0.5, 0.6) is 0 Å².